The van der Waals surface area contributed by atoms with E-state index in [1.165, 1.54) is 31.1 Å². The van der Waals surface area contributed by atoms with Gasteiger partial charge in [-0.15, -0.1) is 0 Å². The molecule has 176 valence electrons. The largest absolute Gasteiger partial charge is 0.494 e. The number of ether oxygens (including phenoxy) is 1. The van der Waals surface area contributed by atoms with Crippen LogP contribution in [0, 0.1) is 25.5 Å². The summed E-state index contributed by atoms with van der Waals surface area (Å²) >= 11 is 1.33. The molecule has 0 aliphatic carbocycles. The third kappa shape index (κ3) is 4.33. The van der Waals surface area contributed by atoms with Crippen LogP contribution >= 0.6 is 11.8 Å². The van der Waals surface area contributed by atoms with Crippen LogP contribution in [-0.2, 0) is 6.42 Å². The van der Waals surface area contributed by atoms with Gasteiger partial charge >= 0.3 is 0 Å². The van der Waals surface area contributed by atoms with E-state index in [0.717, 1.165) is 22.2 Å². The molecule has 34 heavy (non-hydrogen) atoms. The maximum Gasteiger partial charge on any atom is 0.173 e. The van der Waals surface area contributed by atoms with Gasteiger partial charge < -0.3 is 20.8 Å². The van der Waals surface area contributed by atoms with Crippen molar-refractivity contribution < 1.29 is 13.5 Å². The molecule has 0 fully saturated rings. The van der Waals surface area contributed by atoms with Gasteiger partial charge in [-0.1, -0.05) is 36.5 Å². The summed E-state index contributed by atoms with van der Waals surface area (Å²) in [7, 11) is 1.43. The van der Waals surface area contributed by atoms with Gasteiger partial charge in [-0.25, -0.2) is 8.78 Å². The van der Waals surface area contributed by atoms with Gasteiger partial charge in [0, 0.05) is 34.3 Å². The first kappa shape index (κ1) is 23.6. The molecule has 0 bridgehead atoms. The maximum atomic E-state index is 14.8. The van der Waals surface area contributed by atoms with Crippen LogP contribution in [-0.4, -0.2) is 24.4 Å². The number of fused-ring (bicyclic) bond motifs is 1. The van der Waals surface area contributed by atoms with Crippen molar-refractivity contribution in [2.24, 2.45) is 10.7 Å². The molecule has 1 aliphatic heterocycles. The highest BCUT2D eigenvalue weighted by atomic mass is 32.2. The lowest BCUT2D eigenvalue weighted by Crippen LogP contribution is -2.25. The summed E-state index contributed by atoms with van der Waals surface area (Å²) < 4.78 is 34.2. The molecule has 4 rings (SSSR count). The average molecular weight is 481 g/mol. The Labute approximate surface area is 201 Å². The predicted molar refractivity (Wildman–Crippen MR) is 137 cm³/mol. The van der Waals surface area contributed by atoms with Crippen LogP contribution in [0.25, 0.3) is 15.8 Å². The first-order valence-electron chi connectivity index (χ1n) is 10.8. The normalized spacial score (nSPS) is 16.1. The van der Waals surface area contributed by atoms with Crippen LogP contribution in [0.4, 0.5) is 8.78 Å². The molecular formula is C26H26F2N4OS. The Hall–Kier alpha value is -3.52. The minimum absolute atomic E-state index is 0.172. The fraction of sp³-hybridized carbons (Fsp3) is 0.192. The van der Waals surface area contributed by atoms with Gasteiger partial charge in [0.25, 0.3) is 0 Å². The summed E-state index contributed by atoms with van der Waals surface area (Å²) in [5.41, 5.74) is 10.9. The highest BCUT2D eigenvalue weighted by Gasteiger charge is 2.25. The number of nitrogens with zero attached hydrogens (tertiary/aromatic N) is 1. The van der Waals surface area contributed by atoms with E-state index in [4.69, 9.17) is 10.5 Å². The Bertz CT molecular complexity index is 1370. The first-order chi connectivity index (χ1) is 16.3. The zero-order valence-electron chi connectivity index (χ0n) is 19.3. The summed E-state index contributed by atoms with van der Waals surface area (Å²) in [5, 5.41) is 4.16. The van der Waals surface area contributed by atoms with Gasteiger partial charge in [0.1, 0.15) is 11.6 Å². The van der Waals surface area contributed by atoms with Crippen molar-refractivity contribution in [1.29, 1.82) is 0 Å². The average Bonchev–Trinajstić information content (AvgIpc) is 3.39. The summed E-state index contributed by atoms with van der Waals surface area (Å²) in [5.74, 6) is -0.0985. The standard InChI is InChI=1S/C26H26F2N4OS/c1-5-30-19-13-21(17-7-6-8-20(33-4)23(17)28)34-25(19)26(29)31-12-11-16-15(3)32-24-18(27)10-9-14(2)22(16)24/h5-10,13,31-32H,1,11-12,29H2,2-4H3/b26-25-,30-19-. The second kappa shape index (κ2) is 9.77. The Kier molecular flexibility index (Phi) is 6.79. The Morgan fingerprint density at radius 2 is 2.06 bits per heavy atom. The van der Waals surface area contributed by atoms with Crippen molar-refractivity contribution >= 4 is 33.3 Å². The molecule has 5 nitrogen and oxygen atoms in total. The summed E-state index contributed by atoms with van der Waals surface area (Å²) in [6.45, 7) is 8.12. The van der Waals surface area contributed by atoms with Crippen LogP contribution in [0.15, 0.2) is 64.9 Å². The number of aromatic amines is 1. The summed E-state index contributed by atoms with van der Waals surface area (Å²) in [6.07, 6.45) is 3.86. The van der Waals surface area contributed by atoms with Crippen LogP contribution < -0.4 is 15.8 Å². The fourth-order valence-electron chi connectivity index (χ4n) is 4.12. The SMILES string of the molecule is C=C/N=C1/C=C(c2cccc(OC)c2F)S/C1=C(/N)NCCc1c(C)[nH]c2c(F)ccc(C)c12. The summed E-state index contributed by atoms with van der Waals surface area (Å²) in [4.78, 5) is 8.84. The number of allylic oxidation sites excluding steroid dienone is 2. The second-order valence-electron chi connectivity index (χ2n) is 7.89. The number of halogens is 2. The van der Waals surface area contributed by atoms with E-state index >= 15 is 0 Å². The predicted octanol–water partition coefficient (Wildman–Crippen LogP) is 5.70. The molecule has 4 N–H and O–H groups in total. The molecule has 0 saturated carbocycles. The zero-order chi connectivity index (χ0) is 24.4. The van der Waals surface area contributed by atoms with E-state index in [9.17, 15) is 8.78 Å². The Morgan fingerprint density at radius 3 is 2.79 bits per heavy atom. The molecule has 0 radical (unpaired) electrons. The van der Waals surface area contributed by atoms with Crippen molar-refractivity contribution in [3.63, 3.8) is 0 Å². The smallest absolute Gasteiger partial charge is 0.173 e. The monoisotopic (exact) mass is 480 g/mol. The lowest BCUT2D eigenvalue weighted by atomic mass is 10.0. The molecule has 0 atom stereocenters. The first-order valence-corrected chi connectivity index (χ1v) is 11.6. The number of H-pyrrole nitrogens is 1. The zero-order valence-corrected chi connectivity index (χ0v) is 20.1. The van der Waals surface area contributed by atoms with Gasteiger partial charge in [0.2, 0.25) is 0 Å². The molecule has 2 aromatic carbocycles. The third-order valence-corrected chi connectivity index (χ3v) is 6.95. The van der Waals surface area contributed by atoms with Crippen LogP contribution in [0.5, 0.6) is 5.75 Å². The number of benzene rings is 2. The molecule has 0 saturated heterocycles. The fourth-order valence-corrected chi connectivity index (χ4v) is 5.17. The molecule has 0 amide bonds. The number of aryl methyl sites for hydroxylation is 2. The Balaban J connectivity index is 1.56. The third-order valence-electron chi connectivity index (χ3n) is 5.76. The quantitative estimate of drug-likeness (QED) is 0.405. The van der Waals surface area contributed by atoms with Crippen molar-refractivity contribution in [3.05, 3.63) is 93.9 Å². The minimum atomic E-state index is -0.438. The van der Waals surface area contributed by atoms with Gasteiger partial charge in [-0.2, -0.15) is 0 Å². The lowest BCUT2D eigenvalue weighted by Gasteiger charge is -2.11. The molecule has 2 heterocycles. The van der Waals surface area contributed by atoms with Crippen LogP contribution in [0.1, 0.15) is 22.4 Å². The van der Waals surface area contributed by atoms with E-state index in [1.807, 2.05) is 13.8 Å². The number of hydrogen-bond acceptors (Lipinski definition) is 5. The van der Waals surface area contributed by atoms with E-state index in [1.54, 1.807) is 30.3 Å². The van der Waals surface area contributed by atoms with E-state index in [0.29, 0.717) is 45.4 Å². The molecular weight excluding hydrogens is 454 g/mol. The lowest BCUT2D eigenvalue weighted by molar-refractivity contribution is 0.386. The van der Waals surface area contributed by atoms with Gasteiger partial charge in [-0.05, 0) is 49.6 Å². The molecule has 0 unspecified atom stereocenters. The summed E-state index contributed by atoms with van der Waals surface area (Å²) in [6, 6.07) is 8.27. The number of hydrogen-bond donors (Lipinski definition) is 3. The highest BCUT2D eigenvalue weighted by Crippen LogP contribution is 2.43. The van der Waals surface area contributed by atoms with Gasteiger partial charge in [0.15, 0.2) is 11.6 Å². The van der Waals surface area contributed by atoms with E-state index in [2.05, 4.69) is 21.9 Å². The van der Waals surface area contributed by atoms with Crippen LogP contribution in [0.3, 0.4) is 0 Å². The number of nitrogens with two attached hydrogens (primary N) is 1. The number of rotatable bonds is 7. The molecule has 1 aromatic heterocycles. The van der Waals surface area contributed by atoms with Crippen molar-refractivity contribution in [1.82, 2.24) is 10.3 Å². The van der Waals surface area contributed by atoms with Crippen LogP contribution in [0.2, 0.25) is 0 Å². The van der Waals surface area contributed by atoms with E-state index in [-0.39, 0.29) is 11.6 Å². The van der Waals surface area contributed by atoms with Crippen molar-refractivity contribution in [2.45, 2.75) is 20.3 Å². The van der Waals surface area contributed by atoms with E-state index < -0.39 is 5.82 Å². The number of aliphatic imine (C=N–C) groups is 1. The van der Waals surface area contributed by atoms with Crippen molar-refractivity contribution in [3.8, 4) is 5.75 Å². The molecule has 8 heteroatoms. The molecule has 3 aromatic rings. The maximum absolute atomic E-state index is 14.8. The topological polar surface area (TPSA) is 75.4 Å². The Morgan fingerprint density at radius 1 is 1.26 bits per heavy atom. The van der Waals surface area contributed by atoms with Crippen molar-refractivity contribution in [2.75, 3.05) is 13.7 Å². The van der Waals surface area contributed by atoms with Gasteiger partial charge in [-0.3, -0.25) is 4.99 Å². The minimum Gasteiger partial charge on any atom is -0.494 e. The van der Waals surface area contributed by atoms with Gasteiger partial charge in [0.05, 0.1) is 23.2 Å². The molecule has 0 spiro atoms. The number of aromatic nitrogens is 1. The number of methoxy groups -OCH3 is 1. The second-order valence-corrected chi connectivity index (χ2v) is 8.94. The highest BCUT2D eigenvalue weighted by molar-refractivity contribution is 8.13. The number of thioether (sulfide) groups is 1. The number of nitrogens with one attached hydrogen (secondary N) is 2. The molecule has 1 aliphatic rings.